The average Bonchev–Trinajstić information content (AvgIpc) is 2.37. The van der Waals surface area contributed by atoms with Crippen LogP contribution in [0.4, 0.5) is 10.2 Å². The SMILES string of the molecule is CC(Nc1cc(F)ncn1)C12CC3CC(CC(C3)C1)C2. The second-order valence-corrected chi connectivity index (χ2v) is 7.37. The molecule has 0 spiro atoms. The van der Waals surface area contributed by atoms with Crippen molar-refractivity contribution in [2.75, 3.05) is 5.32 Å². The van der Waals surface area contributed by atoms with Crippen molar-refractivity contribution in [3.8, 4) is 0 Å². The highest BCUT2D eigenvalue weighted by atomic mass is 19.1. The van der Waals surface area contributed by atoms with E-state index < -0.39 is 5.95 Å². The normalized spacial score (nSPS) is 39.8. The first-order valence-corrected chi connectivity index (χ1v) is 7.87. The molecule has 108 valence electrons. The molecule has 1 aromatic heterocycles. The maximum absolute atomic E-state index is 13.2. The Hall–Kier alpha value is -1.19. The number of hydrogen-bond acceptors (Lipinski definition) is 3. The predicted molar refractivity (Wildman–Crippen MR) is 75.7 cm³/mol. The highest BCUT2D eigenvalue weighted by Gasteiger charge is 2.53. The van der Waals surface area contributed by atoms with Gasteiger partial charge in [0.2, 0.25) is 5.95 Å². The average molecular weight is 275 g/mol. The summed E-state index contributed by atoms with van der Waals surface area (Å²) in [7, 11) is 0. The van der Waals surface area contributed by atoms with E-state index in [1.807, 2.05) is 0 Å². The highest BCUT2D eigenvalue weighted by molar-refractivity contribution is 5.34. The lowest BCUT2D eigenvalue weighted by molar-refractivity contribution is -0.0603. The molecule has 4 aliphatic rings. The van der Waals surface area contributed by atoms with Crippen LogP contribution in [-0.4, -0.2) is 16.0 Å². The van der Waals surface area contributed by atoms with Gasteiger partial charge in [-0.1, -0.05) is 0 Å². The first kappa shape index (κ1) is 12.5. The predicted octanol–water partition coefficient (Wildman–Crippen LogP) is 3.63. The van der Waals surface area contributed by atoms with Crippen LogP contribution < -0.4 is 5.32 Å². The fourth-order valence-corrected chi connectivity index (χ4v) is 5.50. The van der Waals surface area contributed by atoms with Crippen molar-refractivity contribution in [3.63, 3.8) is 0 Å². The van der Waals surface area contributed by atoms with Crippen molar-refractivity contribution in [1.29, 1.82) is 0 Å². The standard InChI is InChI=1S/C16H22FN3/c1-10(20-15-5-14(17)18-9-19-15)16-6-11-2-12(7-16)4-13(3-11)8-16/h5,9-13H,2-4,6-8H2,1H3,(H,18,19,20). The van der Waals surface area contributed by atoms with Gasteiger partial charge in [-0.05, 0) is 68.6 Å². The zero-order valence-corrected chi connectivity index (χ0v) is 12.0. The molecule has 4 fully saturated rings. The van der Waals surface area contributed by atoms with Gasteiger partial charge < -0.3 is 5.32 Å². The number of nitrogens with one attached hydrogen (secondary N) is 1. The summed E-state index contributed by atoms with van der Waals surface area (Å²) < 4.78 is 13.2. The van der Waals surface area contributed by atoms with Crippen molar-refractivity contribution in [2.24, 2.45) is 23.2 Å². The molecule has 1 heterocycles. The second-order valence-electron chi connectivity index (χ2n) is 7.37. The van der Waals surface area contributed by atoms with E-state index in [1.54, 1.807) is 0 Å². The first-order chi connectivity index (χ1) is 9.63. The van der Waals surface area contributed by atoms with Crippen LogP contribution in [0.15, 0.2) is 12.4 Å². The minimum Gasteiger partial charge on any atom is -0.367 e. The minimum absolute atomic E-state index is 0.366. The van der Waals surface area contributed by atoms with Gasteiger partial charge in [-0.2, -0.15) is 4.39 Å². The third kappa shape index (κ3) is 2.00. The monoisotopic (exact) mass is 275 g/mol. The summed E-state index contributed by atoms with van der Waals surface area (Å²) in [5.41, 5.74) is 0.413. The summed E-state index contributed by atoms with van der Waals surface area (Å²) in [6, 6.07) is 1.77. The van der Waals surface area contributed by atoms with Crippen LogP contribution in [0.3, 0.4) is 0 Å². The van der Waals surface area contributed by atoms with Crippen LogP contribution in [0.2, 0.25) is 0 Å². The first-order valence-electron chi connectivity index (χ1n) is 7.87. The van der Waals surface area contributed by atoms with Crippen molar-refractivity contribution < 1.29 is 4.39 Å². The van der Waals surface area contributed by atoms with Gasteiger partial charge in [-0.3, -0.25) is 0 Å². The Bertz CT molecular complexity index is 481. The minimum atomic E-state index is -0.458. The zero-order valence-electron chi connectivity index (χ0n) is 12.0. The third-order valence-electron chi connectivity index (χ3n) is 6.00. The summed E-state index contributed by atoms with van der Waals surface area (Å²) in [5.74, 6) is 2.98. The van der Waals surface area contributed by atoms with Gasteiger partial charge in [0.05, 0.1) is 0 Å². The smallest absolute Gasteiger partial charge is 0.217 e. The number of nitrogens with zero attached hydrogens (tertiary/aromatic N) is 2. The number of hydrogen-bond donors (Lipinski definition) is 1. The molecule has 5 rings (SSSR count). The molecule has 1 N–H and O–H groups in total. The van der Waals surface area contributed by atoms with Crippen LogP contribution in [-0.2, 0) is 0 Å². The second kappa shape index (κ2) is 4.40. The van der Waals surface area contributed by atoms with Crippen molar-refractivity contribution in [3.05, 3.63) is 18.3 Å². The molecule has 3 nitrogen and oxygen atoms in total. The van der Waals surface area contributed by atoms with Gasteiger partial charge in [0, 0.05) is 12.1 Å². The molecular formula is C16H22FN3. The highest BCUT2D eigenvalue weighted by Crippen LogP contribution is 2.61. The van der Waals surface area contributed by atoms with E-state index in [2.05, 4.69) is 22.2 Å². The number of halogens is 1. The molecule has 0 saturated heterocycles. The fourth-order valence-electron chi connectivity index (χ4n) is 5.50. The lowest BCUT2D eigenvalue weighted by Gasteiger charge is -2.59. The van der Waals surface area contributed by atoms with Gasteiger partial charge in [0.1, 0.15) is 12.1 Å². The maximum atomic E-state index is 13.2. The molecular weight excluding hydrogens is 253 g/mol. The van der Waals surface area contributed by atoms with E-state index in [4.69, 9.17) is 0 Å². The maximum Gasteiger partial charge on any atom is 0.217 e. The molecule has 1 atom stereocenters. The van der Waals surface area contributed by atoms with Gasteiger partial charge >= 0.3 is 0 Å². The number of anilines is 1. The van der Waals surface area contributed by atoms with E-state index in [1.165, 1.54) is 50.9 Å². The van der Waals surface area contributed by atoms with Crippen molar-refractivity contribution in [1.82, 2.24) is 9.97 Å². The Labute approximate surface area is 119 Å². The summed E-state index contributed by atoms with van der Waals surface area (Å²) in [6.07, 6.45) is 9.70. The Morgan fingerprint density at radius 3 is 2.30 bits per heavy atom. The topological polar surface area (TPSA) is 37.8 Å². The molecule has 1 aromatic rings. The number of rotatable bonds is 3. The lowest BCUT2D eigenvalue weighted by atomic mass is 9.48. The lowest BCUT2D eigenvalue weighted by Crippen LogP contribution is -2.53. The molecule has 20 heavy (non-hydrogen) atoms. The molecule has 0 aliphatic heterocycles. The molecule has 4 heteroatoms. The summed E-state index contributed by atoms with van der Waals surface area (Å²) in [6.45, 7) is 2.26. The zero-order chi connectivity index (χ0) is 13.7. The summed E-state index contributed by atoms with van der Waals surface area (Å²) >= 11 is 0. The van der Waals surface area contributed by atoms with E-state index >= 15 is 0 Å². The quantitative estimate of drug-likeness (QED) is 0.856. The Morgan fingerprint density at radius 2 is 1.75 bits per heavy atom. The van der Waals surface area contributed by atoms with Gasteiger partial charge in [0.25, 0.3) is 0 Å². The van der Waals surface area contributed by atoms with Crippen molar-refractivity contribution >= 4 is 5.82 Å². The number of aromatic nitrogens is 2. The molecule has 0 radical (unpaired) electrons. The molecule has 0 amide bonds. The van der Waals surface area contributed by atoms with Crippen molar-refractivity contribution in [2.45, 2.75) is 51.5 Å². The summed E-state index contributed by atoms with van der Waals surface area (Å²) in [4.78, 5) is 7.67. The van der Waals surface area contributed by atoms with Gasteiger partial charge in [-0.25, -0.2) is 9.97 Å². The van der Waals surface area contributed by atoms with E-state index in [9.17, 15) is 4.39 Å². The van der Waals surface area contributed by atoms with Crippen LogP contribution in [0.25, 0.3) is 0 Å². The molecule has 4 saturated carbocycles. The van der Waals surface area contributed by atoms with Crippen LogP contribution in [0, 0.1) is 29.1 Å². The molecule has 4 aliphatic carbocycles. The van der Waals surface area contributed by atoms with E-state index in [-0.39, 0.29) is 0 Å². The molecule has 4 bridgehead atoms. The molecule has 1 unspecified atom stereocenters. The van der Waals surface area contributed by atoms with E-state index in [0.29, 0.717) is 17.3 Å². The Kier molecular flexibility index (Phi) is 2.76. The third-order valence-corrected chi connectivity index (χ3v) is 6.00. The largest absolute Gasteiger partial charge is 0.367 e. The van der Waals surface area contributed by atoms with Crippen LogP contribution in [0.5, 0.6) is 0 Å². The van der Waals surface area contributed by atoms with Gasteiger partial charge in [-0.15, -0.1) is 0 Å². The van der Waals surface area contributed by atoms with Crippen LogP contribution >= 0.6 is 0 Å². The van der Waals surface area contributed by atoms with Crippen LogP contribution in [0.1, 0.15) is 45.4 Å². The fraction of sp³-hybridized carbons (Fsp3) is 0.750. The summed E-state index contributed by atoms with van der Waals surface area (Å²) in [5, 5.41) is 3.45. The van der Waals surface area contributed by atoms with E-state index in [0.717, 1.165) is 17.8 Å². The van der Waals surface area contributed by atoms with Gasteiger partial charge in [0.15, 0.2) is 0 Å². The Balaban J connectivity index is 1.54. The Morgan fingerprint density at radius 1 is 1.15 bits per heavy atom. The molecule has 0 aromatic carbocycles.